The van der Waals surface area contributed by atoms with Crippen molar-refractivity contribution in [2.24, 2.45) is 0 Å². The average molecular weight is 254 g/mol. The molecule has 0 spiro atoms. The molecular formula is C12H9Cl2NO. The Balaban J connectivity index is 2.05. The predicted molar refractivity (Wildman–Crippen MR) is 65.0 cm³/mol. The second kappa shape index (κ2) is 5.19. The monoisotopic (exact) mass is 253 g/mol. The van der Waals surface area contributed by atoms with Crippen LogP contribution in [0.3, 0.4) is 0 Å². The van der Waals surface area contributed by atoms with Crippen LogP contribution in [-0.4, -0.2) is 4.98 Å². The molecule has 0 saturated heterocycles. The van der Waals surface area contributed by atoms with Crippen molar-refractivity contribution >= 4 is 23.2 Å². The number of ether oxygens (including phenoxy) is 1. The summed E-state index contributed by atoms with van der Waals surface area (Å²) in [6.45, 7) is 0.404. The molecule has 1 aromatic heterocycles. The van der Waals surface area contributed by atoms with E-state index in [9.17, 15) is 0 Å². The van der Waals surface area contributed by atoms with Crippen LogP contribution in [0.25, 0.3) is 0 Å². The molecule has 0 radical (unpaired) electrons. The molecule has 16 heavy (non-hydrogen) atoms. The minimum atomic E-state index is 0.404. The van der Waals surface area contributed by atoms with E-state index in [4.69, 9.17) is 27.9 Å². The molecule has 0 aliphatic rings. The number of halogens is 2. The van der Waals surface area contributed by atoms with E-state index >= 15 is 0 Å². The van der Waals surface area contributed by atoms with Gasteiger partial charge in [0.25, 0.3) is 0 Å². The van der Waals surface area contributed by atoms with Crippen LogP contribution >= 0.6 is 23.2 Å². The lowest BCUT2D eigenvalue weighted by molar-refractivity contribution is 0.305. The van der Waals surface area contributed by atoms with Crippen molar-refractivity contribution in [3.8, 4) is 5.75 Å². The standard InChI is InChI=1S/C12H9Cl2NO/c13-10-4-3-9(12(14)6-10)8-16-11-2-1-5-15-7-11/h1-7H,8H2. The number of pyridine rings is 1. The normalized spacial score (nSPS) is 10.1. The van der Waals surface area contributed by atoms with Crippen molar-refractivity contribution in [3.63, 3.8) is 0 Å². The number of benzene rings is 1. The number of nitrogens with zero attached hydrogens (tertiary/aromatic N) is 1. The molecule has 0 fully saturated rings. The fourth-order valence-corrected chi connectivity index (χ4v) is 1.70. The van der Waals surface area contributed by atoms with Gasteiger partial charge in [-0.05, 0) is 24.3 Å². The fraction of sp³-hybridized carbons (Fsp3) is 0.0833. The molecule has 2 nitrogen and oxygen atoms in total. The highest BCUT2D eigenvalue weighted by molar-refractivity contribution is 6.35. The molecule has 1 heterocycles. The third-order valence-electron chi connectivity index (χ3n) is 2.04. The number of rotatable bonds is 3. The molecule has 0 amide bonds. The Labute approximate surface area is 104 Å². The number of hydrogen-bond donors (Lipinski definition) is 0. The lowest BCUT2D eigenvalue weighted by Gasteiger charge is -2.07. The van der Waals surface area contributed by atoms with E-state index in [2.05, 4.69) is 4.98 Å². The van der Waals surface area contributed by atoms with E-state index in [1.807, 2.05) is 18.2 Å². The van der Waals surface area contributed by atoms with Gasteiger partial charge in [-0.2, -0.15) is 0 Å². The van der Waals surface area contributed by atoms with E-state index in [1.54, 1.807) is 24.5 Å². The first-order chi connectivity index (χ1) is 7.75. The first-order valence-electron chi connectivity index (χ1n) is 4.72. The van der Waals surface area contributed by atoms with Crippen molar-refractivity contribution < 1.29 is 4.74 Å². The van der Waals surface area contributed by atoms with Crippen LogP contribution < -0.4 is 4.74 Å². The molecule has 0 aliphatic heterocycles. The smallest absolute Gasteiger partial charge is 0.138 e. The highest BCUT2D eigenvalue weighted by Gasteiger charge is 2.02. The summed E-state index contributed by atoms with van der Waals surface area (Å²) in [5, 5.41) is 1.23. The Morgan fingerprint density at radius 1 is 1.19 bits per heavy atom. The summed E-state index contributed by atoms with van der Waals surface area (Å²) in [5.41, 5.74) is 0.898. The van der Waals surface area contributed by atoms with Gasteiger partial charge in [0.2, 0.25) is 0 Å². The molecule has 2 aromatic rings. The zero-order valence-electron chi connectivity index (χ0n) is 8.36. The SMILES string of the molecule is Clc1ccc(COc2cccnc2)c(Cl)c1. The maximum Gasteiger partial charge on any atom is 0.138 e. The lowest BCUT2D eigenvalue weighted by Crippen LogP contribution is -1.96. The first-order valence-corrected chi connectivity index (χ1v) is 5.48. The summed E-state index contributed by atoms with van der Waals surface area (Å²) in [6, 6.07) is 9.00. The van der Waals surface area contributed by atoms with Crippen LogP contribution in [-0.2, 0) is 6.61 Å². The topological polar surface area (TPSA) is 22.1 Å². The van der Waals surface area contributed by atoms with Gasteiger partial charge < -0.3 is 4.74 Å². The predicted octanol–water partition coefficient (Wildman–Crippen LogP) is 3.97. The van der Waals surface area contributed by atoms with Crippen LogP contribution in [0.1, 0.15) is 5.56 Å². The van der Waals surface area contributed by atoms with E-state index in [-0.39, 0.29) is 0 Å². The van der Waals surface area contributed by atoms with Crippen LogP contribution in [0.15, 0.2) is 42.7 Å². The van der Waals surface area contributed by atoms with Gasteiger partial charge >= 0.3 is 0 Å². The highest BCUT2D eigenvalue weighted by atomic mass is 35.5. The van der Waals surface area contributed by atoms with E-state index in [1.165, 1.54) is 0 Å². The summed E-state index contributed by atoms with van der Waals surface area (Å²) in [5.74, 6) is 0.716. The van der Waals surface area contributed by atoms with Crippen molar-refractivity contribution in [1.29, 1.82) is 0 Å². The largest absolute Gasteiger partial charge is 0.487 e. The van der Waals surface area contributed by atoms with Crippen LogP contribution in [0.2, 0.25) is 10.0 Å². The van der Waals surface area contributed by atoms with Gasteiger partial charge in [-0.25, -0.2) is 0 Å². The van der Waals surface area contributed by atoms with Crippen LogP contribution in [0, 0.1) is 0 Å². The Kier molecular flexibility index (Phi) is 3.65. The second-order valence-corrected chi connectivity index (χ2v) is 4.06. The zero-order chi connectivity index (χ0) is 11.4. The van der Waals surface area contributed by atoms with E-state index < -0.39 is 0 Å². The van der Waals surface area contributed by atoms with Gasteiger partial charge in [-0.3, -0.25) is 4.98 Å². The summed E-state index contributed by atoms with van der Waals surface area (Å²) in [6.07, 6.45) is 3.35. The van der Waals surface area contributed by atoms with Crippen molar-refractivity contribution in [2.75, 3.05) is 0 Å². The molecule has 0 atom stereocenters. The van der Waals surface area contributed by atoms with Gasteiger partial charge in [-0.15, -0.1) is 0 Å². The third-order valence-corrected chi connectivity index (χ3v) is 2.63. The second-order valence-electron chi connectivity index (χ2n) is 3.21. The van der Waals surface area contributed by atoms with Gasteiger partial charge in [0.1, 0.15) is 12.4 Å². The van der Waals surface area contributed by atoms with Gasteiger partial charge in [-0.1, -0.05) is 29.3 Å². The van der Waals surface area contributed by atoms with Crippen molar-refractivity contribution in [3.05, 3.63) is 58.3 Å². The Hall–Kier alpha value is -1.25. The molecule has 0 unspecified atom stereocenters. The van der Waals surface area contributed by atoms with Gasteiger partial charge in [0.15, 0.2) is 0 Å². The maximum atomic E-state index is 6.02. The summed E-state index contributed by atoms with van der Waals surface area (Å²) >= 11 is 11.8. The average Bonchev–Trinajstić information content (AvgIpc) is 2.29. The molecule has 2 rings (SSSR count). The Morgan fingerprint density at radius 3 is 2.75 bits per heavy atom. The Bertz CT molecular complexity index is 474. The maximum absolute atomic E-state index is 6.02. The van der Waals surface area contributed by atoms with Crippen LogP contribution in [0.4, 0.5) is 0 Å². The molecule has 0 bridgehead atoms. The number of aromatic nitrogens is 1. The quantitative estimate of drug-likeness (QED) is 0.826. The summed E-state index contributed by atoms with van der Waals surface area (Å²) in [4.78, 5) is 3.95. The molecular weight excluding hydrogens is 245 g/mol. The minimum absolute atomic E-state index is 0.404. The first kappa shape index (κ1) is 11.2. The molecule has 0 aliphatic carbocycles. The van der Waals surface area contributed by atoms with Gasteiger partial charge in [0, 0.05) is 21.8 Å². The number of hydrogen-bond acceptors (Lipinski definition) is 2. The molecule has 0 saturated carbocycles. The molecule has 1 aromatic carbocycles. The summed E-state index contributed by atoms with van der Waals surface area (Å²) < 4.78 is 5.52. The van der Waals surface area contributed by atoms with E-state index in [0.29, 0.717) is 22.4 Å². The lowest BCUT2D eigenvalue weighted by atomic mass is 10.2. The Morgan fingerprint density at radius 2 is 2.06 bits per heavy atom. The fourth-order valence-electron chi connectivity index (χ4n) is 1.23. The van der Waals surface area contributed by atoms with Crippen LogP contribution in [0.5, 0.6) is 5.75 Å². The summed E-state index contributed by atoms with van der Waals surface area (Å²) in [7, 11) is 0. The highest BCUT2D eigenvalue weighted by Crippen LogP contribution is 2.22. The van der Waals surface area contributed by atoms with Crippen molar-refractivity contribution in [1.82, 2.24) is 4.98 Å². The zero-order valence-corrected chi connectivity index (χ0v) is 9.87. The minimum Gasteiger partial charge on any atom is -0.487 e. The van der Waals surface area contributed by atoms with E-state index in [0.717, 1.165) is 5.56 Å². The molecule has 82 valence electrons. The molecule has 0 N–H and O–H groups in total. The third kappa shape index (κ3) is 2.87. The molecule has 4 heteroatoms. The van der Waals surface area contributed by atoms with Crippen molar-refractivity contribution in [2.45, 2.75) is 6.61 Å². The van der Waals surface area contributed by atoms with Gasteiger partial charge in [0.05, 0.1) is 6.20 Å².